The Bertz CT molecular complexity index is 332. The van der Waals surface area contributed by atoms with Gasteiger partial charge in [0, 0.05) is 12.1 Å². The molecule has 4 nitrogen and oxygen atoms in total. The molecule has 0 spiro atoms. The van der Waals surface area contributed by atoms with E-state index in [9.17, 15) is 9.59 Å². The molecular formula is C14H25NO3. The first-order valence-corrected chi connectivity index (χ1v) is 6.73. The number of hydrogen-bond acceptors (Lipinski definition) is 3. The lowest BCUT2D eigenvalue weighted by atomic mass is 10.0. The van der Waals surface area contributed by atoms with E-state index in [0.29, 0.717) is 18.8 Å². The van der Waals surface area contributed by atoms with Gasteiger partial charge in [-0.05, 0) is 46.5 Å². The highest BCUT2D eigenvalue weighted by atomic mass is 16.6. The number of Topliss-reactive ketones (excluding diaryl/α,β-unsaturated/α-hetero) is 1. The predicted octanol–water partition coefficient (Wildman–Crippen LogP) is 3.00. The average Bonchev–Trinajstić information content (AvgIpc) is 2.97. The van der Waals surface area contributed by atoms with E-state index in [4.69, 9.17) is 4.74 Å². The molecule has 1 aliphatic rings. The minimum Gasteiger partial charge on any atom is -0.435 e. The first-order valence-electron chi connectivity index (χ1n) is 6.73. The van der Waals surface area contributed by atoms with E-state index in [1.54, 1.807) is 4.90 Å². The summed E-state index contributed by atoms with van der Waals surface area (Å²) in [5.74, 6) is 0.309. The average molecular weight is 255 g/mol. The molecule has 1 amide bonds. The van der Waals surface area contributed by atoms with Crippen molar-refractivity contribution in [3.05, 3.63) is 0 Å². The van der Waals surface area contributed by atoms with Gasteiger partial charge in [0.05, 0.1) is 0 Å². The summed E-state index contributed by atoms with van der Waals surface area (Å²) >= 11 is 0. The highest BCUT2D eigenvalue weighted by Gasteiger charge is 2.52. The van der Waals surface area contributed by atoms with Crippen LogP contribution in [0.1, 0.15) is 54.4 Å². The summed E-state index contributed by atoms with van der Waals surface area (Å²) in [5.41, 5.74) is -0.819. The summed E-state index contributed by atoms with van der Waals surface area (Å²) in [5, 5.41) is 0. The van der Waals surface area contributed by atoms with Gasteiger partial charge >= 0.3 is 6.09 Å². The topological polar surface area (TPSA) is 46.6 Å². The van der Waals surface area contributed by atoms with Crippen LogP contribution >= 0.6 is 0 Å². The Balaban J connectivity index is 2.76. The van der Waals surface area contributed by atoms with Crippen LogP contribution in [0.4, 0.5) is 4.79 Å². The largest absolute Gasteiger partial charge is 0.435 e. The molecule has 0 aromatic heterocycles. The first kappa shape index (κ1) is 15.0. The number of rotatable bonds is 5. The number of ketones is 1. The second kappa shape index (κ2) is 5.29. The molecule has 18 heavy (non-hydrogen) atoms. The highest BCUT2D eigenvalue weighted by Crippen LogP contribution is 2.41. The summed E-state index contributed by atoms with van der Waals surface area (Å²) < 4.78 is 5.44. The van der Waals surface area contributed by atoms with Crippen LogP contribution < -0.4 is 0 Å². The van der Waals surface area contributed by atoms with Gasteiger partial charge in [0.2, 0.25) is 0 Å². The van der Waals surface area contributed by atoms with Gasteiger partial charge in [0.25, 0.3) is 0 Å². The van der Waals surface area contributed by atoms with Crippen LogP contribution in [0.3, 0.4) is 0 Å². The maximum absolute atomic E-state index is 12.2. The molecule has 1 fully saturated rings. The van der Waals surface area contributed by atoms with Crippen molar-refractivity contribution in [3.63, 3.8) is 0 Å². The number of ether oxygens (including phenoxy) is 1. The van der Waals surface area contributed by atoms with Gasteiger partial charge in [0.1, 0.15) is 0 Å². The van der Waals surface area contributed by atoms with E-state index in [1.807, 2.05) is 20.8 Å². The lowest BCUT2D eigenvalue weighted by Crippen LogP contribution is -2.48. The monoisotopic (exact) mass is 255 g/mol. The van der Waals surface area contributed by atoms with Crippen LogP contribution in [0.2, 0.25) is 0 Å². The number of nitrogens with zero attached hydrogens (tertiary/aromatic N) is 1. The Labute approximate surface area is 110 Å². The van der Waals surface area contributed by atoms with Crippen LogP contribution in [0.15, 0.2) is 0 Å². The van der Waals surface area contributed by atoms with Gasteiger partial charge in [-0.15, -0.1) is 0 Å². The van der Waals surface area contributed by atoms with Crippen LogP contribution in [0.25, 0.3) is 0 Å². The summed E-state index contributed by atoms with van der Waals surface area (Å²) in [7, 11) is 0. The van der Waals surface area contributed by atoms with Crippen LogP contribution in [0, 0.1) is 5.92 Å². The van der Waals surface area contributed by atoms with Gasteiger partial charge in [-0.1, -0.05) is 13.8 Å². The molecule has 0 aliphatic heterocycles. The molecule has 1 aliphatic carbocycles. The normalized spacial score (nSPS) is 18.7. The van der Waals surface area contributed by atoms with Gasteiger partial charge in [-0.2, -0.15) is 0 Å². The molecule has 0 aromatic carbocycles. The van der Waals surface area contributed by atoms with Gasteiger partial charge in [-0.25, -0.2) is 4.79 Å². The summed E-state index contributed by atoms with van der Waals surface area (Å²) in [4.78, 5) is 25.4. The Kier molecular flexibility index (Phi) is 4.41. The number of carbonyl (C=O) groups excluding carboxylic acids is 2. The third-order valence-electron chi connectivity index (χ3n) is 3.80. The Morgan fingerprint density at radius 3 is 1.89 bits per heavy atom. The Hall–Kier alpha value is -1.06. The van der Waals surface area contributed by atoms with E-state index in [-0.39, 0.29) is 24.0 Å². The van der Waals surface area contributed by atoms with Gasteiger partial charge in [0.15, 0.2) is 11.4 Å². The fraction of sp³-hybridized carbons (Fsp3) is 0.857. The molecule has 1 saturated carbocycles. The van der Waals surface area contributed by atoms with E-state index < -0.39 is 5.60 Å². The molecule has 0 N–H and O–H groups in total. The molecular weight excluding hydrogens is 230 g/mol. The predicted molar refractivity (Wildman–Crippen MR) is 70.4 cm³/mol. The molecule has 1 atom stereocenters. The first-order chi connectivity index (χ1) is 8.21. The van der Waals surface area contributed by atoms with Crippen molar-refractivity contribution in [3.8, 4) is 0 Å². The molecule has 1 unspecified atom stereocenters. The zero-order valence-electron chi connectivity index (χ0n) is 12.3. The molecule has 0 aromatic rings. The quantitative estimate of drug-likeness (QED) is 0.758. The molecule has 0 heterocycles. The lowest BCUT2D eigenvalue weighted by molar-refractivity contribution is -0.128. The molecule has 4 heteroatoms. The van der Waals surface area contributed by atoms with Gasteiger partial charge < -0.3 is 9.64 Å². The second-order valence-electron chi connectivity index (χ2n) is 5.90. The van der Waals surface area contributed by atoms with E-state index in [1.165, 1.54) is 6.92 Å². The van der Waals surface area contributed by atoms with Crippen molar-refractivity contribution in [2.24, 2.45) is 5.92 Å². The van der Waals surface area contributed by atoms with E-state index in [0.717, 1.165) is 0 Å². The number of amides is 1. The Morgan fingerprint density at radius 2 is 1.61 bits per heavy atom. The standard InChI is InChI=1S/C14H25NO3/c1-9(2)11(5)15(10(3)4)13(17)18-14(7-8-14)12(6)16/h9-11H,7-8H2,1-6H3. The van der Waals surface area contributed by atoms with Crippen molar-refractivity contribution >= 4 is 11.9 Å². The van der Waals surface area contributed by atoms with E-state index in [2.05, 4.69) is 13.8 Å². The van der Waals surface area contributed by atoms with Crippen molar-refractivity contribution in [2.75, 3.05) is 0 Å². The summed E-state index contributed by atoms with van der Waals surface area (Å²) in [6, 6.07) is 0.165. The van der Waals surface area contributed by atoms with Crippen LogP contribution in [0.5, 0.6) is 0 Å². The fourth-order valence-corrected chi connectivity index (χ4v) is 2.03. The van der Waals surface area contributed by atoms with Crippen molar-refractivity contribution < 1.29 is 14.3 Å². The SMILES string of the molecule is CC(=O)C1(OC(=O)N(C(C)C)C(C)C(C)C)CC1. The number of carbonyl (C=O) groups is 2. The fourth-order valence-electron chi connectivity index (χ4n) is 2.03. The maximum Gasteiger partial charge on any atom is 0.411 e. The Morgan fingerprint density at radius 1 is 1.11 bits per heavy atom. The minimum absolute atomic E-state index is 0.0447. The van der Waals surface area contributed by atoms with E-state index >= 15 is 0 Å². The number of hydrogen-bond donors (Lipinski definition) is 0. The molecule has 104 valence electrons. The molecule has 0 saturated heterocycles. The zero-order chi connectivity index (χ0) is 14.1. The maximum atomic E-state index is 12.2. The minimum atomic E-state index is -0.819. The van der Waals surface area contributed by atoms with Gasteiger partial charge in [-0.3, -0.25) is 4.79 Å². The highest BCUT2D eigenvalue weighted by molar-refractivity contribution is 5.90. The lowest BCUT2D eigenvalue weighted by Gasteiger charge is -2.35. The van der Waals surface area contributed by atoms with Crippen molar-refractivity contribution in [1.82, 2.24) is 4.90 Å². The molecule has 0 radical (unpaired) electrons. The second-order valence-corrected chi connectivity index (χ2v) is 5.90. The summed E-state index contributed by atoms with van der Waals surface area (Å²) in [6.45, 7) is 11.6. The van der Waals surface area contributed by atoms with Crippen molar-refractivity contribution in [1.29, 1.82) is 0 Å². The molecule has 1 rings (SSSR count). The summed E-state index contributed by atoms with van der Waals surface area (Å²) in [6.07, 6.45) is 0.963. The van der Waals surface area contributed by atoms with Crippen LogP contribution in [-0.4, -0.2) is 34.5 Å². The zero-order valence-corrected chi connectivity index (χ0v) is 12.3. The third-order valence-corrected chi connectivity index (χ3v) is 3.80. The van der Waals surface area contributed by atoms with Crippen LogP contribution in [-0.2, 0) is 9.53 Å². The third kappa shape index (κ3) is 3.03. The van der Waals surface area contributed by atoms with Crippen molar-refractivity contribution in [2.45, 2.75) is 72.1 Å². The smallest absolute Gasteiger partial charge is 0.411 e. The molecule has 0 bridgehead atoms.